The fraction of sp³-hybridized carbons (Fsp3) is 0.400. The van der Waals surface area contributed by atoms with E-state index in [2.05, 4.69) is 20.3 Å². The Morgan fingerprint density at radius 1 is 1.55 bits per heavy atom. The van der Waals surface area contributed by atoms with Crippen LogP contribution in [0.25, 0.3) is 0 Å². The molecule has 0 aromatic carbocycles. The highest BCUT2D eigenvalue weighted by molar-refractivity contribution is 9.08. The summed E-state index contributed by atoms with van der Waals surface area (Å²) in [6, 6.07) is 0. The van der Waals surface area contributed by atoms with Crippen molar-refractivity contribution in [2.45, 2.75) is 11.5 Å². The lowest BCUT2D eigenvalue weighted by atomic mass is 10.3. The van der Waals surface area contributed by atoms with Gasteiger partial charge in [-0.1, -0.05) is 15.9 Å². The van der Waals surface area contributed by atoms with Crippen LogP contribution in [-0.2, 0) is 11.5 Å². The quantitative estimate of drug-likeness (QED) is 0.694. The van der Waals surface area contributed by atoms with Crippen LogP contribution in [0.2, 0.25) is 0 Å². The van der Waals surface area contributed by atoms with E-state index < -0.39 is 11.9 Å². The number of hydrogen-bond acceptors (Lipinski definition) is 2. The minimum absolute atomic E-state index is 0.193. The molecule has 0 atom stereocenters. The second kappa shape index (κ2) is 3.10. The van der Waals surface area contributed by atoms with Gasteiger partial charge in [0.25, 0.3) is 0 Å². The smallest absolute Gasteiger partial charge is 0.188 e. The van der Waals surface area contributed by atoms with Crippen LogP contribution < -0.4 is 0 Å². The number of aromatic nitrogens is 1. The monoisotopic (exact) mass is 245 g/mol. The van der Waals surface area contributed by atoms with Gasteiger partial charge >= 0.3 is 6.18 Å². The van der Waals surface area contributed by atoms with Crippen molar-refractivity contribution >= 4 is 27.5 Å². The van der Waals surface area contributed by atoms with Crippen LogP contribution in [0.3, 0.4) is 0 Å². The largest absolute Gasteiger partial charge is 0.434 e. The third kappa shape index (κ3) is 1.93. The molecule has 0 fully saturated rings. The van der Waals surface area contributed by atoms with Crippen molar-refractivity contribution in [1.29, 1.82) is 0 Å². The number of nitrogens with zero attached hydrogens (tertiary/aromatic N) is 1. The van der Waals surface area contributed by atoms with Gasteiger partial charge in [-0.3, -0.25) is 0 Å². The molecule has 0 aliphatic rings. The van der Waals surface area contributed by atoms with Crippen molar-refractivity contribution in [3.63, 3.8) is 0 Å². The summed E-state index contributed by atoms with van der Waals surface area (Å²) in [5.74, 6) is 0. The minimum atomic E-state index is -4.32. The summed E-state index contributed by atoms with van der Waals surface area (Å²) in [6.45, 7) is 0. The number of hydrogen-bond donors (Lipinski definition) is 0. The molecule has 0 saturated carbocycles. The predicted octanol–water partition coefficient (Wildman–Crippen LogP) is 3.06. The van der Waals surface area contributed by atoms with Gasteiger partial charge in [0.1, 0.15) is 0 Å². The highest BCUT2D eigenvalue weighted by atomic mass is 79.9. The van der Waals surface area contributed by atoms with Gasteiger partial charge in [-0.25, -0.2) is 0 Å². The molecule has 0 amide bonds. The van der Waals surface area contributed by atoms with E-state index in [0.29, 0.717) is 0 Å². The Balaban J connectivity index is 3.02. The first kappa shape index (κ1) is 8.99. The van der Waals surface area contributed by atoms with Gasteiger partial charge in [0.05, 0.1) is 0 Å². The highest BCUT2D eigenvalue weighted by Crippen LogP contribution is 2.32. The van der Waals surface area contributed by atoms with Gasteiger partial charge in [-0.05, 0) is 11.5 Å². The van der Waals surface area contributed by atoms with E-state index in [1.807, 2.05) is 0 Å². The molecule has 0 bridgehead atoms. The van der Waals surface area contributed by atoms with Crippen LogP contribution in [-0.4, -0.2) is 4.37 Å². The zero-order valence-corrected chi connectivity index (χ0v) is 7.55. The zero-order chi connectivity index (χ0) is 8.48. The topological polar surface area (TPSA) is 12.9 Å². The van der Waals surface area contributed by atoms with Crippen molar-refractivity contribution in [2.24, 2.45) is 0 Å². The highest BCUT2D eigenvalue weighted by Gasteiger charge is 2.35. The number of alkyl halides is 4. The number of rotatable bonds is 1. The second-order valence-corrected chi connectivity index (χ2v) is 3.01. The van der Waals surface area contributed by atoms with Gasteiger partial charge in [0.2, 0.25) is 0 Å². The summed E-state index contributed by atoms with van der Waals surface area (Å²) in [6.07, 6.45) is -4.32. The summed E-state index contributed by atoms with van der Waals surface area (Å²) >= 11 is 3.76. The minimum Gasteiger partial charge on any atom is -0.188 e. The Morgan fingerprint density at radius 3 is 2.55 bits per heavy atom. The standard InChI is InChI=1S/C5H3BrF3NS/c6-1-3-2-11-10-4(3)5(7,8)9/h2H,1H2. The molecular formula is C5H3BrF3NS. The van der Waals surface area contributed by atoms with Crippen molar-refractivity contribution in [3.05, 3.63) is 16.6 Å². The van der Waals surface area contributed by atoms with Crippen LogP contribution in [0.1, 0.15) is 11.3 Å². The molecule has 0 N–H and O–H groups in total. The SMILES string of the molecule is FC(F)(F)c1nscc1CBr. The van der Waals surface area contributed by atoms with Crippen LogP contribution in [0, 0.1) is 0 Å². The maximum Gasteiger partial charge on any atom is 0.434 e. The van der Waals surface area contributed by atoms with Crippen LogP contribution in [0.15, 0.2) is 5.38 Å². The van der Waals surface area contributed by atoms with E-state index in [0.717, 1.165) is 11.5 Å². The lowest BCUT2D eigenvalue weighted by Gasteiger charge is -2.02. The first-order valence-electron chi connectivity index (χ1n) is 2.62. The van der Waals surface area contributed by atoms with E-state index in [1.54, 1.807) is 0 Å². The summed E-state index contributed by atoms with van der Waals surface area (Å²) in [7, 11) is 0. The summed E-state index contributed by atoms with van der Waals surface area (Å²) < 4.78 is 39.2. The maximum atomic E-state index is 12.0. The Kier molecular flexibility index (Phi) is 2.54. The maximum absolute atomic E-state index is 12.0. The summed E-state index contributed by atoms with van der Waals surface area (Å²) in [4.78, 5) is 0. The lowest BCUT2D eigenvalue weighted by Crippen LogP contribution is -2.07. The molecule has 1 nitrogen and oxygen atoms in total. The van der Waals surface area contributed by atoms with Crippen molar-refractivity contribution in [3.8, 4) is 0 Å². The van der Waals surface area contributed by atoms with Crippen LogP contribution >= 0.6 is 27.5 Å². The molecule has 0 unspecified atom stereocenters. The molecule has 62 valence electrons. The first-order valence-corrected chi connectivity index (χ1v) is 4.58. The average molecular weight is 246 g/mol. The second-order valence-electron chi connectivity index (χ2n) is 1.82. The van der Waals surface area contributed by atoms with E-state index in [9.17, 15) is 13.2 Å². The molecule has 0 saturated heterocycles. The average Bonchev–Trinajstić information content (AvgIpc) is 2.31. The molecule has 0 aliphatic carbocycles. The number of halogens is 4. The Morgan fingerprint density at radius 2 is 2.18 bits per heavy atom. The van der Waals surface area contributed by atoms with Gasteiger partial charge in [-0.2, -0.15) is 17.5 Å². The molecule has 1 aromatic heterocycles. The Bertz CT molecular complexity index is 244. The van der Waals surface area contributed by atoms with E-state index in [4.69, 9.17) is 0 Å². The summed E-state index contributed by atoms with van der Waals surface area (Å²) in [5, 5.41) is 1.58. The third-order valence-electron chi connectivity index (χ3n) is 1.06. The molecule has 1 rings (SSSR count). The first-order chi connectivity index (χ1) is 5.05. The van der Waals surface area contributed by atoms with Crippen LogP contribution in [0.5, 0.6) is 0 Å². The van der Waals surface area contributed by atoms with Crippen molar-refractivity contribution in [2.75, 3.05) is 0 Å². The molecule has 6 heteroatoms. The molecule has 0 radical (unpaired) electrons. The van der Waals surface area contributed by atoms with Crippen LogP contribution in [0.4, 0.5) is 13.2 Å². The Labute approximate surface area is 73.5 Å². The molecule has 1 aromatic rings. The van der Waals surface area contributed by atoms with Crippen molar-refractivity contribution < 1.29 is 13.2 Å². The molecule has 0 aliphatic heterocycles. The normalized spacial score (nSPS) is 12.0. The summed E-state index contributed by atoms with van der Waals surface area (Å²) in [5.41, 5.74) is -0.582. The molecule has 1 heterocycles. The van der Waals surface area contributed by atoms with E-state index >= 15 is 0 Å². The van der Waals surface area contributed by atoms with E-state index in [-0.39, 0.29) is 10.9 Å². The lowest BCUT2D eigenvalue weighted by molar-refractivity contribution is -0.140. The molecule has 11 heavy (non-hydrogen) atoms. The fourth-order valence-corrected chi connectivity index (χ4v) is 1.93. The van der Waals surface area contributed by atoms with Gasteiger partial charge in [0.15, 0.2) is 5.69 Å². The third-order valence-corrected chi connectivity index (χ3v) is 2.34. The van der Waals surface area contributed by atoms with Gasteiger partial charge < -0.3 is 0 Å². The molecular weight excluding hydrogens is 243 g/mol. The molecule has 0 spiro atoms. The van der Waals surface area contributed by atoms with E-state index in [1.165, 1.54) is 5.38 Å². The van der Waals surface area contributed by atoms with Gasteiger partial charge in [0, 0.05) is 16.3 Å². The Hall–Kier alpha value is -0.100. The predicted molar refractivity (Wildman–Crippen MR) is 39.7 cm³/mol. The van der Waals surface area contributed by atoms with Gasteiger partial charge in [-0.15, -0.1) is 0 Å². The fourth-order valence-electron chi connectivity index (χ4n) is 0.586. The zero-order valence-electron chi connectivity index (χ0n) is 5.15. The van der Waals surface area contributed by atoms with Crippen molar-refractivity contribution in [1.82, 2.24) is 4.37 Å².